The van der Waals surface area contributed by atoms with Gasteiger partial charge in [-0.3, -0.25) is 0 Å². The van der Waals surface area contributed by atoms with Crippen molar-refractivity contribution in [3.05, 3.63) is 28.2 Å². The molecule has 0 radical (unpaired) electrons. The van der Waals surface area contributed by atoms with Crippen LogP contribution in [0.4, 0.5) is 0 Å². The van der Waals surface area contributed by atoms with Gasteiger partial charge in [-0.15, -0.1) is 0 Å². The van der Waals surface area contributed by atoms with E-state index in [1.807, 2.05) is 0 Å². The molecule has 0 spiro atoms. The predicted molar refractivity (Wildman–Crippen MR) is 83.8 cm³/mol. The Morgan fingerprint density at radius 3 is 2.68 bits per heavy atom. The smallest absolute Gasteiger partial charge is 0.124 e. The number of rotatable bonds is 6. The van der Waals surface area contributed by atoms with Crippen molar-refractivity contribution in [3.63, 3.8) is 0 Å². The molecule has 0 saturated heterocycles. The third kappa shape index (κ3) is 3.96. The molecule has 3 heteroatoms. The van der Waals surface area contributed by atoms with E-state index in [-0.39, 0.29) is 5.60 Å². The van der Waals surface area contributed by atoms with Gasteiger partial charge < -0.3 is 10.1 Å². The zero-order chi connectivity index (χ0) is 13.9. The second kappa shape index (κ2) is 6.27. The summed E-state index contributed by atoms with van der Waals surface area (Å²) >= 11 is 3.52. The molecule has 0 bridgehead atoms. The summed E-state index contributed by atoms with van der Waals surface area (Å²) in [6.07, 6.45) is 4.74. The van der Waals surface area contributed by atoms with Crippen LogP contribution in [0.15, 0.2) is 22.7 Å². The van der Waals surface area contributed by atoms with Gasteiger partial charge in [0.2, 0.25) is 0 Å². The Kier molecular flexibility index (Phi) is 4.91. The van der Waals surface area contributed by atoms with E-state index in [4.69, 9.17) is 4.74 Å². The maximum atomic E-state index is 6.36. The van der Waals surface area contributed by atoms with Crippen LogP contribution in [0.1, 0.15) is 45.1 Å². The summed E-state index contributed by atoms with van der Waals surface area (Å²) in [6, 6.07) is 6.81. The Morgan fingerprint density at radius 2 is 2.11 bits per heavy atom. The van der Waals surface area contributed by atoms with E-state index in [0.717, 1.165) is 23.2 Å². The molecular formula is C16H24BrNO. The molecule has 2 nitrogen and oxygen atoms in total. The van der Waals surface area contributed by atoms with Crippen molar-refractivity contribution in [2.75, 3.05) is 6.54 Å². The molecular weight excluding hydrogens is 302 g/mol. The number of benzene rings is 1. The molecule has 1 aromatic carbocycles. The van der Waals surface area contributed by atoms with Gasteiger partial charge in [-0.2, -0.15) is 0 Å². The average Bonchev–Trinajstić information content (AvgIpc) is 2.30. The summed E-state index contributed by atoms with van der Waals surface area (Å²) in [7, 11) is 0. The fraction of sp³-hybridized carbons (Fsp3) is 0.625. The minimum atomic E-state index is 0.0629. The van der Waals surface area contributed by atoms with Crippen LogP contribution < -0.4 is 10.1 Å². The molecule has 1 saturated carbocycles. The Balaban J connectivity index is 1.99. The molecule has 0 amide bonds. The minimum absolute atomic E-state index is 0.0629. The first kappa shape index (κ1) is 14.9. The first-order valence-corrected chi connectivity index (χ1v) is 7.99. The van der Waals surface area contributed by atoms with Gasteiger partial charge in [0.25, 0.3) is 0 Å². The summed E-state index contributed by atoms with van der Waals surface area (Å²) in [4.78, 5) is 0. The summed E-state index contributed by atoms with van der Waals surface area (Å²) in [5.41, 5.74) is 1.28. The van der Waals surface area contributed by atoms with Crippen LogP contribution in [-0.2, 0) is 0 Å². The van der Waals surface area contributed by atoms with Gasteiger partial charge in [0.1, 0.15) is 11.4 Å². The number of nitrogens with one attached hydrogen (secondary N) is 1. The molecule has 0 atom stereocenters. The Hall–Kier alpha value is -0.540. The Morgan fingerprint density at radius 1 is 1.37 bits per heavy atom. The third-order valence-corrected chi connectivity index (χ3v) is 4.37. The first-order chi connectivity index (χ1) is 9.01. The number of hydrogen-bond acceptors (Lipinski definition) is 2. The fourth-order valence-electron chi connectivity index (χ4n) is 2.48. The van der Waals surface area contributed by atoms with E-state index in [2.05, 4.69) is 60.2 Å². The number of hydrogen-bond donors (Lipinski definition) is 1. The summed E-state index contributed by atoms with van der Waals surface area (Å²) in [5.74, 6) is 1.03. The quantitative estimate of drug-likeness (QED) is 0.834. The summed E-state index contributed by atoms with van der Waals surface area (Å²) in [6.45, 7) is 7.52. The Bertz CT molecular complexity index is 427. The van der Waals surface area contributed by atoms with Crippen LogP contribution in [0, 0.1) is 6.92 Å². The highest BCUT2D eigenvalue weighted by Gasteiger charge is 2.39. The zero-order valence-corrected chi connectivity index (χ0v) is 13.7. The second-order valence-corrected chi connectivity index (χ2v) is 6.82. The van der Waals surface area contributed by atoms with E-state index in [0.29, 0.717) is 6.04 Å². The molecule has 0 unspecified atom stereocenters. The van der Waals surface area contributed by atoms with Crippen molar-refractivity contribution in [1.82, 2.24) is 5.32 Å². The standard InChI is InChI=1S/C16H24BrNO/c1-12(2)18-10-9-16(7-4-8-16)19-15-11-14(17)6-5-13(15)3/h5-6,11-12,18H,4,7-10H2,1-3H3. The van der Waals surface area contributed by atoms with Crippen molar-refractivity contribution < 1.29 is 4.74 Å². The molecule has 0 aliphatic heterocycles. The van der Waals surface area contributed by atoms with Crippen molar-refractivity contribution in [2.24, 2.45) is 0 Å². The van der Waals surface area contributed by atoms with Crippen LogP contribution >= 0.6 is 15.9 Å². The van der Waals surface area contributed by atoms with Gasteiger partial charge in [-0.05, 0) is 56.8 Å². The largest absolute Gasteiger partial charge is 0.487 e. The number of ether oxygens (including phenoxy) is 1. The lowest BCUT2D eigenvalue weighted by molar-refractivity contribution is -0.0151. The second-order valence-electron chi connectivity index (χ2n) is 5.91. The minimum Gasteiger partial charge on any atom is -0.487 e. The molecule has 1 fully saturated rings. The molecule has 0 aromatic heterocycles. The number of halogens is 1. The van der Waals surface area contributed by atoms with Crippen LogP contribution in [0.5, 0.6) is 5.75 Å². The molecule has 19 heavy (non-hydrogen) atoms. The van der Waals surface area contributed by atoms with Crippen LogP contribution in [0.3, 0.4) is 0 Å². The normalized spacial score (nSPS) is 17.3. The lowest BCUT2D eigenvalue weighted by Gasteiger charge is -2.42. The topological polar surface area (TPSA) is 21.3 Å². The summed E-state index contributed by atoms with van der Waals surface area (Å²) < 4.78 is 7.45. The van der Waals surface area contributed by atoms with Gasteiger partial charge in [-0.1, -0.05) is 35.8 Å². The van der Waals surface area contributed by atoms with Crippen LogP contribution in [-0.4, -0.2) is 18.2 Å². The first-order valence-electron chi connectivity index (χ1n) is 7.19. The lowest BCUT2D eigenvalue weighted by atomic mass is 9.77. The van der Waals surface area contributed by atoms with Gasteiger partial charge in [-0.25, -0.2) is 0 Å². The average molecular weight is 326 g/mol. The molecule has 1 aliphatic rings. The highest BCUT2D eigenvalue weighted by molar-refractivity contribution is 9.10. The van der Waals surface area contributed by atoms with Gasteiger partial charge in [0, 0.05) is 10.5 Å². The highest BCUT2D eigenvalue weighted by atomic mass is 79.9. The third-order valence-electron chi connectivity index (χ3n) is 3.87. The van der Waals surface area contributed by atoms with Crippen molar-refractivity contribution in [2.45, 2.75) is 58.1 Å². The molecule has 1 aliphatic carbocycles. The maximum absolute atomic E-state index is 6.36. The van der Waals surface area contributed by atoms with Crippen molar-refractivity contribution >= 4 is 15.9 Å². The molecule has 2 rings (SSSR count). The molecule has 1 aromatic rings. The van der Waals surface area contributed by atoms with Crippen LogP contribution in [0.25, 0.3) is 0 Å². The van der Waals surface area contributed by atoms with E-state index in [1.165, 1.54) is 24.8 Å². The van der Waals surface area contributed by atoms with Crippen molar-refractivity contribution in [1.29, 1.82) is 0 Å². The fourth-order valence-corrected chi connectivity index (χ4v) is 2.82. The summed E-state index contributed by atoms with van der Waals surface area (Å²) in [5, 5.41) is 3.49. The maximum Gasteiger partial charge on any atom is 0.124 e. The van der Waals surface area contributed by atoms with E-state index in [9.17, 15) is 0 Å². The van der Waals surface area contributed by atoms with E-state index < -0.39 is 0 Å². The molecule has 106 valence electrons. The van der Waals surface area contributed by atoms with E-state index >= 15 is 0 Å². The monoisotopic (exact) mass is 325 g/mol. The number of aryl methyl sites for hydroxylation is 1. The van der Waals surface area contributed by atoms with E-state index in [1.54, 1.807) is 0 Å². The van der Waals surface area contributed by atoms with Crippen LogP contribution in [0.2, 0.25) is 0 Å². The highest BCUT2D eigenvalue weighted by Crippen LogP contribution is 2.40. The zero-order valence-electron chi connectivity index (χ0n) is 12.1. The van der Waals surface area contributed by atoms with Crippen molar-refractivity contribution in [3.8, 4) is 5.75 Å². The van der Waals surface area contributed by atoms with Gasteiger partial charge in [0.05, 0.1) is 0 Å². The SMILES string of the molecule is Cc1ccc(Br)cc1OC1(CCNC(C)C)CCC1. The lowest BCUT2D eigenvalue weighted by Crippen LogP contribution is -2.46. The van der Waals surface area contributed by atoms with Gasteiger partial charge in [0.15, 0.2) is 0 Å². The molecule has 1 N–H and O–H groups in total. The molecule has 0 heterocycles. The predicted octanol–water partition coefficient (Wildman–Crippen LogP) is 4.45. The van der Waals surface area contributed by atoms with Gasteiger partial charge >= 0.3 is 0 Å². The Labute approximate surface area is 125 Å².